The quantitative estimate of drug-likeness (QED) is 0.904. The number of carbonyl (C=O) groups excluding carboxylic acids is 1. The summed E-state index contributed by atoms with van der Waals surface area (Å²) in [7, 11) is 0. The highest BCUT2D eigenvalue weighted by atomic mass is 19.2. The highest BCUT2D eigenvalue weighted by Gasteiger charge is 2.17. The van der Waals surface area contributed by atoms with Crippen LogP contribution in [0.25, 0.3) is 0 Å². The molecule has 5 heteroatoms. The van der Waals surface area contributed by atoms with Crippen molar-refractivity contribution >= 4 is 11.6 Å². The van der Waals surface area contributed by atoms with Gasteiger partial charge in [0.25, 0.3) is 5.91 Å². The van der Waals surface area contributed by atoms with E-state index in [1.54, 1.807) is 31.2 Å². The Hall–Kier alpha value is -2.27. The SMILES string of the molecule is CC(O)c1ccccc1NC(=O)c1cccc(F)c1F. The van der Waals surface area contributed by atoms with Gasteiger partial charge in [0, 0.05) is 11.3 Å². The number of halogens is 2. The number of hydrogen-bond acceptors (Lipinski definition) is 2. The van der Waals surface area contributed by atoms with Gasteiger partial charge >= 0.3 is 0 Å². The van der Waals surface area contributed by atoms with Gasteiger partial charge in [0.05, 0.1) is 11.7 Å². The van der Waals surface area contributed by atoms with Crippen LogP contribution >= 0.6 is 0 Å². The van der Waals surface area contributed by atoms with Crippen LogP contribution in [0.15, 0.2) is 42.5 Å². The fourth-order valence-corrected chi connectivity index (χ4v) is 1.84. The maximum atomic E-state index is 13.5. The topological polar surface area (TPSA) is 49.3 Å². The van der Waals surface area contributed by atoms with Crippen molar-refractivity contribution in [3.8, 4) is 0 Å². The van der Waals surface area contributed by atoms with Crippen molar-refractivity contribution in [1.82, 2.24) is 0 Å². The highest BCUT2D eigenvalue weighted by Crippen LogP contribution is 2.23. The van der Waals surface area contributed by atoms with Gasteiger partial charge in [0.1, 0.15) is 0 Å². The number of para-hydroxylation sites is 1. The minimum atomic E-state index is -1.19. The van der Waals surface area contributed by atoms with Crippen LogP contribution in [-0.4, -0.2) is 11.0 Å². The van der Waals surface area contributed by atoms with Crippen LogP contribution in [0, 0.1) is 11.6 Å². The fraction of sp³-hybridized carbons (Fsp3) is 0.133. The van der Waals surface area contributed by atoms with Gasteiger partial charge in [0.15, 0.2) is 11.6 Å². The Kier molecular flexibility index (Phi) is 4.10. The lowest BCUT2D eigenvalue weighted by Gasteiger charge is -2.13. The van der Waals surface area contributed by atoms with Crippen molar-refractivity contribution < 1.29 is 18.7 Å². The molecule has 0 saturated heterocycles. The number of nitrogens with one attached hydrogen (secondary N) is 1. The van der Waals surface area contributed by atoms with Gasteiger partial charge in [-0.05, 0) is 25.1 Å². The Morgan fingerprint density at radius 3 is 2.55 bits per heavy atom. The van der Waals surface area contributed by atoms with E-state index in [2.05, 4.69) is 5.32 Å². The van der Waals surface area contributed by atoms with Crippen LogP contribution in [0.3, 0.4) is 0 Å². The molecular weight excluding hydrogens is 264 g/mol. The second kappa shape index (κ2) is 5.79. The van der Waals surface area contributed by atoms with E-state index in [9.17, 15) is 18.7 Å². The summed E-state index contributed by atoms with van der Waals surface area (Å²) >= 11 is 0. The van der Waals surface area contributed by atoms with Crippen LogP contribution in [0.5, 0.6) is 0 Å². The van der Waals surface area contributed by atoms with E-state index in [1.165, 1.54) is 12.1 Å². The molecule has 0 bridgehead atoms. The molecule has 2 rings (SSSR count). The summed E-state index contributed by atoms with van der Waals surface area (Å²) in [6, 6.07) is 9.99. The van der Waals surface area contributed by atoms with Crippen LogP contribution < -0.4 is 5.32 Å². The van der Waals surface area contributed by atoms with E-state index in [0.29, 0.717) is 11.3 Å². The van der Waals surface area contributed by atoms with Crippen LogP contribution in [0.1, 0.15) is 28.9 Å². The van der Waals surface area contributed by atoms with Crippen LogP contribution in [-0.2, 0) is 0 Å². The summed E-state index contributed by atoms with van der Waals surface area (Å²) in [5.74, 6) is -3.05. The number of anilines is 1. The number of amides is 1. The minimum Gasteiger partial charge on any atom is -0.389 e. The number of aliphatic hydroxyl groups excluding tert-OH is 1. The minimum absolute atomic E-state index is 0.358. The molecule has 0 radical (unpaired) electrons. The lowest BCUT2D eigenvalue weighted by molar-refractivity contribution is 0.102. The first-order valence-corrected chi connectivity index (χ1v) is 6.03. The highest BCUT2D eigenvalue weighted by molar-refractivity contribution is 6.04. The van der Waals surface area contributed by atoms with Gasteiger partial charge in [-0.15, -0.1) is 0 Å². The lowest BCUT2D eigenvalue weighted by Crippen LogP contribution is -2.16. The molecule has 1 amide bonds. The average molecular weight is 277 g/mol. The first kappa shape index (κ1) is 14.1. The Morgan fingerprint density at radius 2 is 1.85 bits per heavy atom. The Labute approximate surface area is 114 Å². The van der Waals surface area contributed by atoms with E-state index in [-0.39, 0.29) is 5.56 Å². The number of hydrogen-bond donors (Lipinski definition) is 2. The predicted molar refractivity (Wildman–Crippen MR) is 71.4 cm³/mol. The van der Waals surface area contributed by atoms with Crippen molar-refractivity contribution in [3.05, 3.63) is 65.2 Å². The number of benzene rings is 2. The van der Waals surface area contributed by atoms with Gasteiger partial charge in [0.2, 0.25) is 0 Å². The third-order valence-corrected chi connectivity index (χ3v) is 2.86. The van der Waals surface area contributed by atoms with Crippen molar-refractivity contribution in [1.29, 1.82) is 0 Å². The van der Waals surface area contributed by atoms with Gasteiger partial charge in [-0.3, -0.25) is 4.79 Å². The van der Waals surface area contributed by atoms with Crippen LogP contribution in [0.2, 0.25) is 0 Å². The van der Waals surface area contributed by atoms with E-state index in [0.717, 1.165) is 6.07 Å². The molecule has 0 aliphatic heterocycles. The molecule has 0 aromatic heterocycles. The first-order chi connectivity index (χ1) is 9.50. The normalized spacial score (nSPS) is 12.0. The van der Waals surface area contributed by atoms with Gasteiger partial charge < -0.3 is 10.4 Å². The largest absolute Gasteiger partial charge is 0.389 e. The number of aliphatic hydroxyl groups is 1. The summed E-state index contributed by atoms with van der Waals surface area (Å²) < 4.78 is 26.6. The number of carbonyl (C=O) groups is 1. The van der Waals surface area contributed by atoms with Gasteiger partial charge in [-0.25, -0.2) is 8.78 Å². The molecule has 0 heterocycles. The molecular formula is C15H13F2NO2. The second-order valence-electron chi connectivity index (χ2n) is 4.32. The van der Waals surface area contributed by atoms with Crippen molar-refractivity contribution in [2.24, 2.45) is 0 Å². The Morgan fingerprint density at radius 1 is 1.15 bits per heavy atom. The lowest BCUT2D eigenvalue weighted by atomic mass is 10.1. The van der Waals surface area contributed by atoms with E-state index in [4.69, 9.17) is 0 Å². The molecule has 1 atom stereocenters. The smallest absolute Gasteiger partial charge is 0.258 e. The molecule has 0 saturated carbocycles. The Balaban J connectivity index is 2.31. The zero-order chi connectivity index (χ0) is 14.7. The summed E-state index contributed by atoms with van der Waals surface area (Å²) in [6.07, 6.45) is -0.788. The zero-order valence-electron chi connectivity index (χ0n) is 10.7. The van der Waals surface area contributed by atoms with Crippen molar-refractivity contribution in [3.63, 3.8) is 0 Å². The molecule has 0 spiro atoms. The molecule has 2 aromatic rings. The van der Waals surface area contributed by atoms with Crippen LogP contribution in [0.4, 0.5) is 14.5 Å². The zero-order valence-corrected chi connectivity index (χ0v) is 10.7. The molecule has 20 heavy (non-hydrogen) atoms. The van der Waals surface area contributed by atoms with Gasteiger partial charge in [-0.1, -0.05) is 24.3 Å². The molecule has 0 aliphatic carbocycles. The van der Waals surface area contributed by atoms with E-state index in [1.807, 2.05) is 0 Å². The molecule has 1 unspecified atom stereocenters. The van der Waals surface area contributed by atoms with Crippen molar-refractivity contribution in [2.75, 3.05) is 5.32 Å². The summed E-state index contributed by atoms with van der Waals surface area (Å²) in [4.78, 5) is 12.0. The van der Waals surface area contributed by atoms with Crippen molar-refractivity contribution in [2.45, 2.75) is 13.0 Å². The second-order valence-corrected chi connectivity index (χ2v) is 4.32. The third-order valence-electron chi connectivity index (χ3n) is 2.86. The molecule has 0 fully saturated rings. The molecule has 2 N–H and O–H groups in total. The predicted octanol–water partition coefficient (Wildman–Crippen LogP) is 3.27. The summed E-state index contributed by atoms with van der Waals surface area (Å²) in [5, 5.41) is 12.1. The molecule has 0 aliphatic rings. The third kappa shape index (κ3) is 2.83. The Bertz CT molecular complexity index is 642. The summed E-state index contributed by atoms with van der Waals surface area (Å²) in [5.41, 5.74) is 0.471. The molecule has 3 nitrogen and oxygen atoms in total. The fourth-order valence-electron chi connectivity index (χ4n) is 1.84. The monoisotopic (exact) mass is 277 g/mol. The maximum Gasteiger partial charge on any atom is 0.258 e. The number of rotatable bonds is 3. The summed E-state index contributed by atoms with van der Waals surface area (Å²) in [6.45, 7) is 1.55. The average Bonchev–Trinajstić information content (AvgIpc) is 2.42. The molecule has 104 valence electrons. The molecule has 2 aromatic carbocycles. The first-order valence-electron chi connectivity index (χ1n) is 6.03. The van der Waals surface area contributed by atoms with Gasteiger partial charge in [-0.2, -0.15) is 0 Å². The van der Waals surface area contributed by atoms with E-state index >= 15 is 0 Å². The maximum absolute atomic E-state index is 13.5. The standard InChI is InChI=1S/C15H13F2NO2/c1-9(19)10-5-2-3-8-13(10)18-15(20)11-6-4-7-12(16)14(11)17/h2-9,19H,1H3,(H,18,20). The van der Waals surface area contributed by atoms with E-state index < -0.39 is 23.6 Å².